The predicted octanol–water partition coefficient (Wildman–Crippen LogP) is 4.80. The van der Waals surface area contributed by atoms with E-state index in [9.17, 15) is 4.39 Å². The lowest BCUT2D eigenvalue weighted by Crippen LogP contribution is -1.89. The Balaban J connectivity index is 2.36. The molecule has 0 radical (unpaired) electrons. The maximum atomic E-state index is 12.8. The van der Waals surface area contributed by atoms with E-state index in [-0.39, 0.29) is 5.02 Å². The lowest BCUT2D eigenvalue weighted by molar-refractivity contribution is 0.628. The van der Waals surface area contributed by atoms with Gasteiger partial charge in [0.1, 0.15) is 11.0 Å². The average Bonchev–Trinajstić information content (AvgIpc) is 2.34. The van der Waals surface area contributed by atoms with E-state index in [1.807, 2.05) is 30.3 Å². The van der Waals surface area contributed by atoms with Crippen LogP contribution < -0.4 is 0 Å². The van der Waals surface area contributed by atoms with Crippen LogP contribution in [-0.2, 0) is 0 Å². The fourth-order valence-corrected chi connectivity index (χ4v) is 1.74. The Bertz CT molecular complexity index is 553. The summed E-state index contributed by atoms with van der Waals surface area (Å²) in [6.07, 6.45) is 0. The van der Waals surface area contributed by atoms with Crippen LogP contribution in [-0.4, -0.2) is 5.17 Å². The first-order valence-corrected chi connectivity index (χ1v) is 5.67. The van der Waals surface area contributed by atoms with Gasteiger partial charge in [-0.3, -0.25) is 0 Å². The molecule has 0 atom stereocenters. The summed E-state index contributed by atoms with van der Waals surface area (Å²) in [5, 5.41) is 0.554. The number of hydrogen-bond acceptors (Lipinski definition) is 1. The summed E-state index contributed by atoms with van der Waals surface area (Å²) in [7, 11) is 0. The Kier molecular flexibility index (Phi) is 3.77. The van der Waals surface area contributed by atoms with E-state index < -0.39 is 5.82 Å². The molecule has 1 nitrogen and oxygen atoms in total. The molecule has 2 rings (SSSR count). The third-order valence-electron chi connectivity index (χ3n) is 2.14. The third-order valence-corrected chi connectivity index (χ3v) is 2.75. The van der Waals surface area contributed by atoms with Gasteiger partial charge in [0.15, 0.2) is 0 Å². The molecule has 0 N–H and O–H groups in total. The molecule has 0 aliphatic rings. The van der Waals surface area contributed by atoms with Gasteiger partial charge in [0.2, 0.25) is 0 Å². The number of rotatable bonds is 2. The Labute approximate surface area is 109 Å². The molecule has 0 fully saturated rings. The lowest BCUT2D eigenvalue weighted by Gasteiger charge is -2.01. The van der Waals surface area contributed by atoms with Crippen LogP contribution in [0.3, 0.4) is 0 Å². The van der Waals surface area contributed by atoms with E-state index in [1.165, 1.54) is 18.2 Å². The standard InChI is InChI=1S/C13H8Cl2FN/c14-11-8-10(16)6-7-12(11)17-13(15)9-4-2-1-3-5-9/h1-8H. The van der Waals surface area contributed by atoms with Crippen LogP contribution in [0.4, 0.5) is 10.1 Å². The molecule has 0 aromatic heterocycles. The van der Waals surface area contributed by atoms with E-state index in [4.69, 9.17) is 23.2 Å². The van der Waals surface area contributed by atoms with Crippen molar-refractivity contribution < 1.29 is 4.39 Å². The predicted molar refractivity (Wildman–Crippen MR) is 69.9 cm³/mol. The van der Waals surface area contributed by atoms with Crippen LogP contribution in [0.15, 0.2) is 53.5 Å². The molecule has 0 amide bonds. The van der Waals surface area contributed by atoms with Crippen molar-refractivity contribution in [1.29, 1.82) is 0 Å². The zero-order valence-electron chi connectivity index (χ0n) is 8.70. The van der Waals surface area contributed by atoms with Gasteiger partial charge in [0.25, 0.3) is 0 Å². The number of aliphatic imine (C=N–C) groups is 1. The van der Waals surface area contributed by atoms with Crippen LogP contribution in [0.5, 0.6) is 0 Å². The van der Waals surface area contributed by atoms with Gasteiger partial charge in [-0.15, -0.1) is 0 Å². The molecule has 0 aliphatic heterocycles. The normalized spacial score (nSPS) is 11.6. The summed E-state index contributed by atoms with van der Waals surface area (Å²) in [6, 6.07) is 13.3. The van der Waals surface area contributed by atoms with Crippen molar-refractivity contribution in [3.63, 3.8) is 0 Å². The van der Waals surface area contributed by atoms with Gasteiger partial charge in [0.05, 0.1) is 10.7 Å². The molecule has 0 heterocycles. The van der Waals surface area contributed by atoms with Gasteiger partial charge in [-0.1, -0.05) is 53.5 Å². The topological polar surface area (TPSA) is 12.4 Å². The van der Waals surface area contributed by atoms with Gasteiger partial charge in [-0.2, -0.15) is 0 Å². The number of benzene rings is 2. The van der Waals surface area contributed by atoms with Gasteiger partial charge >= 0.3 is 0 Å². The van der Waals surface area contributed by atoms with Crippen molar-refractivity contribution in [3.8, 4) is 0 Å². The quantitative estimate of drug-likeness (QED) is 0.694. The highest BCUT2D eigenvalue weighted by molar-refractivity contribution is 6.69. The highest BCUT2D eigenvalue weighted by atomic mass is 35.5. The van der Waals surface area contributed by atoms with Crippen molar-refractivity contribution in [2.45, 2.75) is 0 Å². The minimum absolute atomic E-state index is 0.235. The van der Waals surface area contributed by atoms with Crippen molar-refractivity contribution in [2.24, 2.45) is 4.99 Å². The molecule has 0 unspecified atom stereocenters. The van der Waals surface area contributed by atoms with Crippen molar-refractivity contribution in [3.05, 3.63) is 64.9 Å². The molecular formula is C13H8Cl2FN. The fourth-order valence-electron chi connectivity index (χ4n) is 1.32. The minimum Gasteiger partial charge on any atom is -0.235 e. The molecule has 0 spiro atoms. The zero-order valence-corrected chi connectivity index (χ0v) is 10.2. The van der Waals surface area contributed by atoms with Crippen LogP contribution in [0.1, 0.15) is 5.56 Å². The molecule has 4 heteroatoms. The molecule has 0 bridgehead atoms. The molecule has 0 saturated carbocycles. The summed E-state index contributed by atoms with van der Waals surface area (Å²) in [6.45, 7) is 0. The van der Waals surface area contributed by atoms with Gasteiger partial charge in [-0.05, 0) is 18.2 Å². The van der Waals surface area contributed by atoms with E-state index in [1.54, 1.807) is 0 Å². The largest absolute Gasteiger partial charge is 0.235 e. The Hall–Kier alpha value is -1.38. The molecule has 2 aromatic rings. The molecule has 0 saturated heterocycles. The second-order valence-electron chi connectivity index (χ2n) is 3.36. The number of nitrogens with zero attached hydrogens (tertiary/aromatic N) is 1. The number of halogens is 3. The van der Waals surface area contributed by atoms with E-state index in [0.717, 1.165) is 5.56 Å². The summed E-state index contributed by atoms with van der Waals surface area (Å²) in [5.41, 5.74) is 1.23. The molecule has 17 heavy (non-hydrogen) atoms. The van der Waals surface area contributed by atoms with Crippen LogP contribution in [0, 0.1) is 5.82 Å². The highest BCUT2D eigenvalue weighted by Gasteiger charge is 2.03. The Morgan fingerprint density at radius 2 is 1.76 bits per heavy atom. The molecule has 0 aliphatic carbocycles. The van der Waals surface area contributed by atoms with Crippen LogP contribution in [0.25, 0.3) is 0 Å². The van der Waals surface area contributed by atoms with Crippen molar-refractivity contribution >= 4 is 34.1 Å². The maximum absolute atomic E-state index is 12.8. The molecular weight excluding hydrogens is 260 g/mol. The van der Waals surface area contributed by atoms with E-state index >= 15 is 0 Å². The SMILES string of the molecule is Fc1ccc(N=C(Cl)c2ccccc2)c(Cl)c1. The monoisotopic (exact) mass is 267 g/mol. The second kappa shape index (κ2) is 5.30. The van der Waals surface area contributed by atoms with Crippen LogP contribution in [0.2, 0.25) is 5.02 Å². The van der Waals surface area contributed by atoms with Crippen LogP contribution >= 0.6 is 23.2 Å². The minimum atomic E-state index is -0.398. The summed E-state index contributed by atoms with van der Waals surface area (Å²) < 4.78 is 12.8. The van der Waals surface area contributed by atoms with E-state index in [2.05, 4.69) is 4.99 Å². The van der Waals surface area contributed by atoms with Gasteiger partial charge < -0.3 is 0 Å². The smallest absolute Gasteiger partial charge is 0.137 e. The van der Waals surface area contributed by atoms with E-state index in [0.29, 0.717) is 10.9 Å². The first-order chi connectivity index (χ1) is 8.16. The second-order valence-corrected chi connectivity index (χ2v) is 4.13. The van der Waals surface area contributed by atoms with Crippen molar-refractivity contribution in [1.82, 2.24) is 0 Å². The highest BCUT2D eigenvalue weighted by Crippen LogP contribution is 2.26. The fraction of sp³-hybridized carbons (Fsp3) is 0. The maximum Gasteiger partial charge on any atom is 0.137 e. The summed E-state index contributed by atoms with van der Waals surface area (Å²) in [4.78, 5) is 4.15. The zero-order chi connectivity index (χ0) is 12.3. The first kappa shape index (κ1) is 12.1. The first-order valence-electron chi connectivity index (χ1n) is 4.91. The molecule has 2 aromatic carbocycles. The van der Waals surface area contributed by atoms with Gasteiger partial charge in [0, 0.05) is 5.56 Å². The van der Waals surface area contributed by atoms with Crippen molar-refractivity contribution in [2.75, 3.05) is 0 Å². The van der Waals surface area contributed by atoms with Gasteiger partial charge in [-0.25, -0.2) is 9.38 Å². The summed E-state index contributed by atoms with van der Waals surface area (Å²) >= 11 is 11.9. The number of hydrogen-bond donors (Lipinski definition) is 0. The molecule has 86 valence electrons. The summed E-state index contributed by atoms with van der Waals surface area (Å²) in [5.74, 6) is -0.398. The third kappa shape index (κ3) is 3.05. The Morgan fingerprint density at radius 3 is 2.41 bits per heavy atom. The lowest BCUT2D eigenvalue weighted by atomic mass is 10.2. The Morgan fingerprint density at radius 1 is 1.06 bits per heavy atom. The average molecular weight is 268 g/mol.